The van der Waals surface area contributed by atoms with Crippen LogP contribution in [0.4, 0.5) is 10.8 Å². The summed E-state index contributed by atoms with van der Waals surface area (Å²) >= 11 is 1.36. The smallest absolute Gasteiger partial charge is 0.269 e. The molecular formula is C12H16ClN5O4S2. The molecule has 2 rings (SSSR count). The number of nitrogens with two attached hydrogens (primary N) is 1. The fourth-order valence-electron chi connectivity index (χ4n) is 1.72. The number of anilines is 1. The van der Waals surface area contributed by atoms with E-state index in [0.29, 0.717) is 18.2 Å². The number of benzene rings is 1. The Bertz CT molecular complexity index is 779. The van der Waals surface area contributed by atoms with E-state index in [1.165, 1.54) is 23.5 Å². The summed E-state index contributed by atoms with van der Waals surface area (Å²) in [5.41, 5.74) is 5.35. The second-order valence-corrected chi connectivity index (χ2v) is 7.40. The summed E-state index contributed by atoms with van der Waals surface area (Å²) in [5, 5.41) is 14.1. The molecule has 24 heavy (non-hydrogen) atoms. The van der Waals surface area contributed by atoms with E-state index in [9.17, 15) is 18.5 Å². The fourth-order valence-corrected chi connectivity index (χ4v) is 3.41. The number of sulfonamides is 1. The second kappa shape index (κ2) is 8.89. The predicted molar refractivity (Wildman–Crippen MR) is 93.8 cm³/mol. The lowest BCUT2D eigenvalue weighted by Gasteiger charge is -2.07. The Morgan fingerprint density at radius 1 is 1.25 bits per heavy atom. The van der Waals surface area contributed by atoms with Gasteiger partial charge in [-0.1, -0.05) is 0 Å². The molecule has 132 valence electrons. The van der Waals surface area contributed by atoms with Crippen molar-refractivity contribution in [2.45, 2.75) is 11.4 Å². The van der Waals surface area contributed by atoms with Crippen LogP contribution in [0.1, 0.15) is 4.88 Å². The summed E-state index contributed by atoms with van der Waals surface area (Å²) < 4.78 is 26.5. The Kier molecular flexibility index (Phi) is 7.51. The van der Waals surface area contributed by atoms with E-state index in [1.807, 2.05) is 0 Å². The van der Waals surface area contributed by atoms with Gasteiger partial charge in [0.1, 0.15) is 0 Å². The minimum absolute atomic E-state index is 0. The number of non-ortho nitro benzene ring substituents is 1. The Balaban J connectivity index is 0.00000288. The molecule has 4 N–H and O–H groups in total. The number of thiazole rings is 1. The van der Waals surface area contributed by atoms with Gasteiger partial charge < -0.3 is 11.1 Å². The van der Waals surface area contributed by atoms with Gasteiger partial charge >= 0.3 is 0 Å². The van der Waals surface area contributed by atoms with E-state index in [-0.39, 0.29) is 29.5 Å². The lowest BCUT2D eigenvalue weighted by atomic mass is 10.3. The maximum absolute atomic E-state index is 12.0. The molecule has 0 amide bonds. The molecule has 1 aromatic heterocycles. The van der Waals surface area contributed by atoms with Crippen LogP contribution in [-0.4, -0.2) is 31.4 Å². The van der Waals surface area contributed by atoms with E-state index < -0.39 is 14.9 Å². The SMILES string of the molecule is Cl.Nc1ncc(CNCCNS(=O)(=O)c2ccc([N+](=O)[O-])cc2)s1. The fraction of sp³-hybridized carbons (Fsp3) is 0.250. The average molecular weight is 394 g/mol. The third-order valence-corrected chi connectivity index (χ3v) is 5.13. The molecule has 0 atom stereocenters. The zero-order chi connectivity index (χ0) is 16.9. The van der Waals surface area contributed by atoms with Gasteiger partial charge in [-0.25, -0.2) is 18.1 Å². The molecule has 0 radical (unpaired) electrons. The van der Waals surface area contributed by atoms with E-state index >= 15 is 0 Å². The zero-order valence-electron chi connectivity index (χ0n) is 12.3. The lowest BCUT2D eigenvalue weighted by Crippen LogP contribution is -2.31. The van der Waals surface area contributed by atoms with Crippen LogP contribution in [0.5, 0.6) is 0 Å². The minimum atomic E-state index is -3.69. The molecule has 0 aliphatic heterocycles. The highest BCUT2D eigenvalue weighted by molar-refractivity contribution is 7.89. The maximum Gasteiger partial charge on any atom is 0.269 e. The maximum atomic E-state index is 12.0. The van der Waals surface area contributed by atoms with Crippen molar-refractivity contribution in [3.05, 3.63) is 45.5 Å². The number of nitrogens with zero attached hydrogens (tertiary/aromatic N) is 2. The predicted octanol–water partition coefficient (Wildman–Crippen LogP) is 1.12. The number of nitrogen functional groups attached to an aromatic ring is 1. The molecule has 0 saturated carbocycles. The number of rotatable bonds is 8. The van der Waals surface area contributed by atoms with Gasteiger partial charge in [0.15, 0.2) is 5.13 Å². The molecule has 1 aromatic carbocycles. The van der Waals surface area contributed by atoms with Gasteiger partial charge in [0, 0.05) is 42.8 Å². The molecular weight excluding hydrogens is 378 g/mol. The molecule has 0 fully saturated rings. The van der Waals surface area contributed by atoms with Crippen LogP contribution in [0.15, 0.2) is 35.4 Å². The topological polar surface area (TPSA) is 140 Å². The number of hydrogen-bond acceptors (Lipinski definition) is 8. The van der Waals surface area contributed by atoms with Gasteiger partial charge in [0.2, 0.25) is 10.0 Å². The molecule has 0 aliphatic carbocycles. The van der Waals surface area contributed by atoms with Crippen LogP contribution in [0, 0.1) is 10.1 Å². The van der Waals surface area contributed by atoms with Gasteiger partial charge in [-0.2, -0.15) is 0 Å². The number of aromatic nitrogens is 1. The summed E-state index contributed by atoms with van der Waals surface area (Å²) in [6.45, 7) is 1.16. The first-order chi connectivity index (χ1) is 10.9. The third-order valence-electron chi connectivity index (χ3n) is 2.82. The van der Waals surface area contributed by atoms with Crippen LogP contribution in [0.25, 0.3) is 0 Å². The molecule has 0 aliphatic rings. The average Bonchev–Trinajstić information content (AvgIpc) is 2.92. The van der Waals surface area contributed by atoms with Gasteiger partial charge in [0.25, 0.3) is 5.69 Å². The standard InChI is InChI=1S/C12H15N5O4S2.ClH/c13-12-15-8-10(22-12)7-14-5-6-16-23(20,21)11-3-1-9(2-4-11)17(18)19;/h1-4,8,14,16H,5-7H2,(H2,13,15);1H. The molecule has 1 heterocycles. The van der Waals surface area contributed by atoms with Crippen molar-refractivity contribution in [1.29, 1.82) is 0 Å². The Labute approximate surface area is 148 Å². The first-order valence-corrected chi connectivity index (χ1v) is 8.83. The minimum Gasteiger partial charge on any atom is -0.375 e. The number of nitrogens with one attached hydrogen (secondary N) is 2. The molecule has 0 spiro atoms. The van der Waals surface area contributed by atoms with Crippen molar-refractivity contribution in [2.24, 2.45) is 0 Å². The normalized spacial score (nSPS) is 11.0. The number of halogens is 1. The molecule has 0 saturated heterocycles. The highest BCUT2D eigenvalue weighted by Gasteiger charge is 2.15. The Hall–Kier alpha value is -1.79. The first kappa shape index (κ1) is 20.3. The van der Waals surface area contributed by atoms with Gasteiger partial charge in [-0.3, -0.25) is 10.1 Å². The van der Waals surface area contributed by atoms with Crippen LogP contribution in [0.3, 0.4) is 0 Å². The second-order valence-electron chi connectivity index (χ2n) is 4.49. The molecule has 9 nitrogen and oxygen atoms in total. The highest BCUT2D eigenvalue weighted by Crippen LogP contribution is 2.15. The number of hydrogen-bond donors (Lipinski definition) is 3. The van der Waals surface area contributed by atoms with Crippen LogP contribution in [0.2, 0.25) is 0 Å². The van der Waals surface area contributed by atoms with Crippen molar-refractivity contribution < 1.29 is 13.3 Å². The Morgan fingerprint density at radius 2 is 1.92 bits per heavy atom. The van der Waals surface area contributed by atoms with Crippen LogP contribution in [-0.2, 0) is 16.6 Å². The van der Waals surface area contributed by atoms with E-state index in [2.05, 4.69) is 15.0 Å². The van der Waals surface area contributed by atoms with E-state index in [1.54, 1.807) is 6.20 Å². The van der Waals surface area contributed by atoms with Crippen molar-refractivity contribution in [3.63, 3.8) is 0 Å². The summed E-state index contributed by atoms with van der Waals surface area (Å²) in [7, 11) is -3.69. The molecule has 12 heteroatoms. The van der Waals surface area contributed by atoms with Crippen molar-refractivity contribution in [1.82, 2.24) is 15.0 Å². The largest absolute Gasteiger partial charge is 0.375 e. The summed E-state index contributed by atoms with van der Waals surface area (Å²) in [6, 6.07) is 4.71. The van der Waals surface area contributed by atoms with Crippen molar-refractivity contribution >= 4 is 44.6 Å². The van der Waals surface area contributed by atoms with Gasteiger partial charge in [-0.15, -0.1) is 23.7 Å². The summed E-state index contributed by atoms with van der Waals surface area (Å²) in [5.74, 6) is 0. The quantitative estimate of drug-likeness (QED) is 0.346. The van der Waals surface area contributed by atoms with E-state index in [0.717, 1.165) is 17.0 Å². The van der Waals surface area contributed by atoms with Crippen LogP contribution >= 0.6 is 23.7 Å². The van der Waals surface area contributed by atoms with Gasteiger partial charge in [-0.05, 0) is 12.1 Å². The van der Waals surface area contributed by atoms with Gasteiger partial charge in [0.05, 0.1) is 9.82 Å². The monoisotopic (exact) mass is 393 g/mol. The zero-order valence-corrected chi connectivity index (χ0v) is 14.8. The Morgan fingerprint density at radius 3 is 2.46 bits per heavy atom. The highest BCUT2D eigenvalue weighted by atomic mass is 35.5. The molecule has 0 unspecified atom stereocenters. The third kappa shape index (κ3) is 5.69. The number of nitro groups is 1. The van der Waals surface area contributed by atoms with E-state index in [4.69, 9.17) is 5.73 Å². The lowest BCUT2D eigenvalue weighted by molar-refractivity contribution is -0.384. The molecule has 0 bridgehead atoms. The first-order valence-electron chi connectivity index (χ1n) is 6.53. The number of nitro benzene ring substituents is 1. The molecule has 2 aromatic rings. The van der Waals surface area contributed by atoms with Crippen LogP contribution < -0.4 is 15.8 Å². The summed E-state index contributed by atoms with van der Waals surface area (Å²) in [4.78, 5) is 14.8. The summed E-state index contributed by atoms with van der Waals surface area (Å²) in [6.07, 6.45) is 1.66. The van der Waals surface area contributed by atoms with Crippen molar-refractivity contribution in [2.75, 3.05) is 18.8 Å². The van der Waals surface area contributed by atoms with Crippen molar-refractivity contribution in [3.8, 4) is 0 Å².